The number of hydrogen-bond acceptors (Lipinski definition) is 2. The number of ether oxygens (including phenoxy) is 2. The summed E-state index contributed by atoms with van der Waals surface area (Å²) in [4.78, 5) is 0. The van der Waals surface area contributed by atoms with Gasteiger partial charge in [0.15, 0.2) is 0 Å². The SMILES string of the molecule is COCCO/C(=C/C=C/c1ccccc1)c1ccccc1. The minimum absolute atomic E-state index is 0.538. The summed E-state index contributed by atoms with van der Waals surface area (Å²) in [5, 5.41) is 0. The van der Waals surface area contributed by atoms with Crippen molar-refractivity contribution in [3.63, 3.8) is 0 Å². The fourth-order valence-corrected chi connectivity index (χ4v) is 1.88. The van der Waals surface area contributed by atoms with Gasteiger partial charge in [0.05, 0.1) is 6.61 Å². The van der Waals surface area contributed by atoms with E-state index < -0.39 is 0 Å². The van der Waals surface area contributed by atoms with Gasteiger partial charge in [0.1, 0.15) is 12.4 Å². The quantitative estimate of drug-likeness (QED) is 0.425. The van der Waals surface area contributed by atoms with Crippen LogP contribution in [0.15, 0.2) is 72.8 Å². The topological polar surface area (TPSA) is 18.5 Å². The lowest BCUT2D eigenvalue weighted by molar-refractivity contribution is 0.133. The summed E-state index contributed by atoms with van der Waals surface area (Å²) < 4.78 is 10.8. The summed E-state index contributed by atoms with van der Waals surface area (Å²) in [5.74, 6) is 0.847. The molecule has 0 aromatic heterocycles. The average molecular weight is 280 g/mol. The van der Waals surface area contributed by atoms with Crippen LogP contribution in [0.1, 0.15) is 11.1 Å². The zero-order valence-electron chi connectivity index (χ0n) is 12.2. The third-order valence-electron chi connectivity index (χ3n) is 2.94. The van der Waals surface area contributed by atoms with Gasteiger partial charge in [0, 0.05) is 12.7 Å². The molecule has 2 aromatic rings. The summed E-state index contributed by atoms with van der Waals surface area (Å²) in [6.07, 6.45) is 6.05. The lowest BCUT2D eigenvalue weighted by atomic mass is 10.1. The molecule has 0 bridgehead atoms. The number of hydrogen-bond donors (Lipinski definition) is 0. The van der Waals surface area contributed by atoms with E-state index in [-0.39, 0.29) is 0 Å². The number of methoxy groups -OCH3 is 1. The van der Waals surface area contributed by atoms with Crippen molar-refractivity contribution in [2.75, 3.05) is 20.3 Å². The molecule has 2 rings (SSSR count). The number of allylic oxidation sites excluding steroid dienone is 2. The Morgan fingerprint density at radius 1 is 0.905 bits per heavy atom. The lowest BCUT2D eigenvalue weighted by Crippen LogP contribution is -2.01. The number of benzene rings is 2. The van der Waals surface area contributed by atoms with Gasteiger partial charge >= 0.3 is 0 Å². The highest BCUT2D eigenvalue weighted by Crippen LogP contribution is 2.16. The highest BCUT2D eigenvalue weighted by molar-refractivity contribution is 5.64. The lowest BCUT2D eigenvalue weighted by Gasteiger charge is -2.09. The maximum atomic E-state index is 5.79. The Labute approximate surface area is 126 Å². The molecule has 0 amide bonds. The van der Waals surface area contributed by atoms with Crippen LogP contribution >= 0.6 is 0 Å². The molecular weight excluding hydrogens is 260 g/mol. The van der Waals surface area contributed by atoms with E-state index >= 15 is 0 Å². The van der Waals surface area contributed by atoms with Gasteiger partial charge in [0.2, 0.25) is 0 Å². The second-order valence-corrected chi connectivity index (χ2v) is 4.51. The molecule has 0 spiro atoms. The van der Waals surface area contributed by atoms with E-state index in [1.165, 1.54) is 0 Å². The van der Waals surface area contributed by atoms with Crippen molar-refractivity contribution in [1.82, 2.24) is 0 Å². The molecule has 2 nitrogen and oxygen atoms in total. The van der Waals surface area contributed by atoms with Crippen LogP contribution in [0.3, 0.4) is 0 Å². The Morgan fingerprint density at radius 3 is 2.24 bits per heavy atom. The van der Waals surface area contributed by atoms with Gasteiger partial charge in [-0.05, 0) is 11.6 Å². The van der Waals surface area contributed by atoms with E-state index in [1.54, 1.807) is 7.11 Å². The van der Waals surface area contributed by atoms with Crippen molar-refractivity contribution >= 4 is 11.8 Å². The normalized spacial score (nSPS) is 11.8. The predicted molar refractivity (Wildman–Crippen MR) is 87.7 cm³/mol. The summed E-state index contributed by atoms with van der Waals surface area (Å²) >= 11 is 0. The van der Waals surface area contributed by atoms with Gasteiger partial charge in [-0.3, -0.25) is 0 Å². The van der Waals surface area contributed by atoms with Crippen LogP contribution in [0.25, 0.3) is 11.8 Å². The van der Waals surface area contributed by atoms with Crippen molar-refractivity contribution in [2.24, 2.45) is 0 Å². The standard InChI is InChI=1S/C19H20O2/c1-20-15-16-21-19(18-12-6-3-7-13-18)14-8-11-17-9-4-2-5-10-17/h2-14H,15-16H2,1H3/b11-8+,19-14+. The number of rotatable bonds is 7. The second kappa shape index (κ2) is 8.77. The summed E-state index contributed by atoms with van der Waals surface area (Å²) in [7, 11) is 1.67. The Hall–Kier alpha value is -2.32. The molecule has 0 heterocycles. The molecule has 21 heavy (non-hydrogen) atoms. The van der Waals surface area contributed by atoms with Gasteiger partial charge < -0.3 is 9.47 Å². The van der Waals surface area contributed by atoms with E-state index in [0.717, 1.165) is 16.9 Å². The van der Waals surface area contributed by atoms with E-state index in [0.29, 0.717) is 13.2 Å². The predicted octanol–water partition coefficient (Wildman–Crippen LogP) is 4.40. The van der Waals surface area contributed by atoms with E-state index in [9.17, 15) is 0 Å². The maximum absolute atomic E-state index is 5.79. The van der Waals surface area contributed by atoms with E-state index in [1.807, 2.05) is 60.7 Å². The fourth-order valence-electron chi connectivity index (χ4n) is 1.88. The molecular formula is C19H20O2. The molecule has 108 valence electrons. The van der Waals surface area contributed by atoms with Crippen LogP contribution in [-0.4, -0.2) is 20.3 Å². The molecule has 0 saturated carbocycles. The molecule has 0 saturated heterocycles. The molecule has 0 N–H and O–H groups in total. The van der Waals surface area contributed by atoms with Gasteiger partial charge in [-0.2, -0.15) is 0 Å². The molecule has 0 radical (unpaired) electrons. The van der Waals surface area contributed by atoms with Crippen molar-refractivity contribution < 1.29 is 9.47 Å². The molecule has 0 aliphatic carbocycles. The fraction of sp³-hybridized carbons (Fsp3) is 0.158. The Morgan fingerprint density at radius 2 is 1.57 bits per heavy atom. The highest BCUT2D eigenvalue weighted by atomic mass is 16.5. The third-order valence-corrected chi connectivity index (χ3v) is 2.94. The summed E-state index contributed by atoms with van der Waals surface area (Å²) in [6, 6.07) is 20.3. The molecule has 2 heteroatoms. The molecule has 0 unspecified atom stereocenters. The largest absolute Gasteiger partial charge is 0.491 e. The molecule has 0 atom stereocenters. The third kappa shape index (κ3) is 5.28. The van der Waals surface area contributed by atoms with Gasteiger partial charge in [-0.1, -0.05) is 72.8 Å². The summed E-state index contributed by atoms with van der Waals surface area (Å²) in [5.41, 5.74) is 2.23. The smallest absolute Gasteiger partial charge is 0.126 e. The first-order chi connectivity index (χ1) is 10.4. The van der Waals surface area contributed by atoms with Crippen LogP contribution in [0.5, 0.6) is 0 Å². The zero-order chi connectivity index (χ0) is 14.8. The molecule has 0 aliphatic rings. The van der Waals surface area contributed by atoms with Gasteiger partial charge in [0.25, 0.3) is 0 Å². The van der Waals surface area contributed by atoms with E-state index in [4.69, 9.17) is 9.47 Å². The minimum atomic E-state index is 0.538. The Balaban J connectivity index is 2.11. The summed E-state index contributed by atoms with van der Waals surface area (Å²) in [6.45, 7) is 1.11. The Bertz CT molecular complexity index is 571. The molecule has 2 aromatic carbocycles. The van der Waals surface area contributed by atoms with Crippen molar-refractivity contribution in [2.45, 2.75) is 0 Å². The maximum Gasteiger partial charge on any atom is 0.126 e. The average Bonchev–Trinajstić information content (AvgIpc) is 2.55. The van der Waals surface area contributed by atoms with Crippen molar-refractivity contribution in [3.05, 3.63) is 83.9 Å². The Kier molecular flexibility index (Phi) is 6.30. The molecule has 0 aliphatic heterocycles. The monoisotopic (exact) mass is 280 g/mol. The van der Waals surface area contributed by atoms with Gasteiger partial charge in [-0.25, -0.2) is 0 Å². The van der Waals surface area contributed by atoms with Crippen LogP contribution in [-0.2, 0) is 9.47 Å². The minimum Gasteiger partial charge on any atom is -0.491 e. The highest BCUT2D eigenvalue weighted by Gasteiger charge is 2.00. The first-order valence-electron chi connectivity index (χ1n) is 7.01. The van der Waals surface area contributed by atoms with Crippen LogP contribution in [0.2, 0.25) is 0 Å². The molecule has 0 fully saturated rings. The van der Waals surface area contributed by atoms with E-state index in [2.05, 4.69) is 18.2 Å². The second-order valence-electron chi connectivity index (χ2n) is 4.51. The van der Waals surface area contributed by atoms with Gasteiger partial charge in [-0.15, -0.1) is 0 Å². The van der Waals surface area contributed by atoms with Crippen molar-refractivity contribution in [1.29, 1.82) is 0 Å². The van der Waals surface area contributed by atoms with Crippen LogP contribution < -0.4 is 0 Å². The van der Waals surface area contributed by atoms with Crippen LogP contribution in [0.4, 0.5) is 0 Å². The first kappa shape index (κ1) is 15.1. The zero-order valence-corrected chi connectivity index (χ0v) is 12.2. The first-order valence-corrected chi connectivity index (χ1v) is 7.01. The van der Waals surface area contributed by atoms with Crippen LogP contribution in [0, 0.1) is 0 Å². The van der Waals surface area contributed by atoms with Crippen molar-refractivity contribution in [3.8, 4) is 0 Å².